The molecule has 0 spiro atoms. The van der Waals surface area contributed by atoms with Gasteiger partial charge in [0.05, 0.1) is 5.69 Å². The normalized spacial score (nSPS) is 10.8. The second kappa shape index (κ2) is 9.12. The molecule has 2 heterocycles. The number of carbonyl (C=O) groups is 1. The van der Waals surface area contributed by atoms with Crippen molar-refractivity contribution in [2.75, 3.05) is 6.54 Å². The molecule has 1 N–H and O–H groups in total. The highest BCUT2D eigenvalue weighted by Crippen LogP contribution is 2.08. The molecule has 0 aliphatic heterocycles. The fraction of sp³-hybridized carbons (Fsp3) is 0.333. The number of nitrogens with zero attached hydrogens (tertiary/aromatic N) is 4. The number of benzene rings is 1. The highest BCUT2D eigenvalue weighted by atomic mass is 16.2. The summed E-state index contributed by atoms with van der Waals surface area (Å²) in [6.07, 6.45) is 3.85. The average molecular weight is 379 g/mol. The van der Waals surface area contributed by atoms with Crippen LogP contribution in [0.1, 0.15) is 30.4 Å². The molecule has 1 aromatic carbocycles. The van der Waals surface area contributed by atoms with Crippen LogP contribution in [-0.4, -0.2) is 31.8 Å². The van der Waals surface area contributed by atoms with Gasteiger partial charge in [0.1, 0.15) is 12.4 Å². The highest BCUT2D eigenvalue weighted by molar-refractivity contribution is 5.75. The molecule has 3 aromatic rings. The molecular weight excluding hydrogens is 354 g/mol. The molecule has 0 atom stereocenters. The van der Waals surface area contributed by atoms with Gasteiger partial charge in [0, 0.05) is 31.3 Å². The molecule has 0 fully saturated rings. The van der Waals surface area contributed by atoms with Gasteiger partial charge in [-0.25, -0.2) is 4.79 Å². The van der Waals surface area contributed by atoms with E-state index in [1.807, 2.05) is 56.3 Å². The first-order chi connectivity index (χ1) is 13.6. The van der Waals surface area contributed by atoms with Crippen molar-refractivity contribution >= 4 is 5.91 Å². The Morgan fingerprint density at radius 1 is 1.14 bits per heavy atom. The third kappa shape index (κ3) is 4.73. The average Bonchev–Trinajstić information content (AvgIpc) is 2.99. The number of rotatable bonds is 8. The zero-order valence-corrected chi connectivity index (χ0v) is 16.3. The van der Waals surface area contributed by atoms with Crippen molar-refractivity contribution < 1.29 is 4.79 Å². The van der Waals surface area contributed by atoms with Crippen molar-refractivity contribution in [2.45, 2.75) is 39.7 Å². The summed E-state index contributed by atoms with van der Waals surface area (Å²) < 4.78 is 2.83. The van der Waals surface area contributed by atoms with Gasteiger partial charge in [-0.2, -0.15) is 4.68 Å². The second-order valence-electron chi connectivity index (χ2n) is 6.71. The SMILES string of the molecule is CCCc1nn(-c2cccc(C)c2)c(=O)n1CC(=O)NCCc1ccccn1. The minimum atomic E-state index is -0.297. The number of carbonyl (C=O) groups excluding carboxylic acids is 1. The fourth-order valence-electron chi connectivity index (χ4n) is 3.01. The summed E-state index contributed by atoms with van der Waals surface area (Å²) in [5, 5.41) is 7.33. The van der Waals surface area contributed by atoms with E-state index in [1.54, 1.807) is 6.20 Å². The molecule has 146 valence electrons. The topological polar surface area (TPSA) is 81.8 Å². The van der Waals surface area contributed by atoms with Crippen molar-refractivity contribution in [1.82, 2.24) is 24.6 Å². The summed E-state index contributed by atoms with van der Waals surface area (Å²) in [5.74, 6) is 0.410. The Morgan fingerprint density at radius 2 is 2.00 bits per heavy atom. The van der Waals surface area contributed by atoms with Crippen molar-refractivity contribution in [3.8, 4) is 5.69 Å². The number of aromatic nitrogens is 4. The van der Waals surface area contributed by atoms with Crippen LogP contribution in [0, 0.1) is 6.92 Å². The molecule has 3 rings (SSSR count). The lowest BCUT2D eigenvalue weighted by Crippen LogP contribution is -2.34. The van der Waals surface area contributed by atoms with Crippen molar-refractivity contribution in [1.29, 1.82) is 0 Å². The maximum Gasteiger partial charge on any atom is 0.351 e. The molecule has 0 bridgehead atoms. The summed E-state index contributed by atoms with van der Waals surface area (Å²) in [7, 11) is 0. The lowest BCUT2D eigenvalue weighted by molar-refractivity contribution is -0.121. The number of pyridine rings is 1. The van der Waals surface area contributed by atoms with E-state index in [-0.39, 0.29) is 18.1 Å². The van der Waals surface area contributed by atoms with Crippen LogP contribution in [-0.2, 0) is 24.2 Å². The van der Waals surface area contributed by atoms with Gasteiger partial charge in [0.2, 0.25) is 5.91 Å². The summed E-state index contributed by atoms with van der Waals surface area (Å²) in [6.45, 7) is 4.42. The molecule has 0 saturated carbocycles. The van der Waals surface area contributed by atoms with Crippen molar-refractivity contribution in [3.05, 3.63) is 76.2 Å². The Bertz CT molecular complexity index is 992. The first kappa shape index (κ1) is 19.5. The molecule has 0 radical (unpaired) electrons. The van der Waals surface area contributed by atoms with E-state index < -0.39 is 0 Å². The van der Waals surface area contributed by atoms with Crippen molar-refractivity contribution in [2.24, 2.45) is 0 Å². The Hall–Kier alpha value is -3.22. The van der Waals surface area contributed by atoms with Crippen LogP contribution in [0.3, 0.4) is 0 Å². The number of amides is 1. The van der Waals surface area contributed by atoms with Gasteiger partial charge in [-0.15, -0.1) is 5.10 Å². The van der Waals surface area contributed by atoms with Crippen LogP contribution in [0.5, 0.6) is 0 Å². The predicted molar refractivity (Wildman–Crippen MR) is 108 cm³/mol. The van der Waals surface area contributed by atoms with E-state index in [1.165, 1.54) is 9.25 Å². The second-order valence-corrected chi connectivity index (χ2v) is 6.71. The van der Waals surface area contributed by atoms with E-state index in [9.17, 15) is 9.59 Å². The van der Waals surface area contributed by atoms with E-state index >= 15 is 0 Å². The molecule has 0 saturated heterocycles. The van der Waals surface area contributed by atoms with Crippen LogP contribution >= 0.6 is 0 Å². The molecule has 1 amide bonds. The van der Waals surface area contributed by atoms with Crippen LogP contribution in [0.15, 0.2) is 53.5 Å². The summed E-state index contributed by atoms with van der Waals surface area (Å²) in [5.41, 5.74) is 2.37. The van der Waals surface area contributed by atoms with Crippen LogP contribution in [0.2, 0.25) is 0 Å². The maximum atomic E-state index is 12.9. The molecule has 7 heteroatoms. The molecule has 0 aliphatic carbocycles. The summed E-state index contributed by atoms with van der Waals surface area (Å²) >= 11 is 0. The minimum absolute atomic E-state index is 0.0395. The fourth-order valence-corrected chi connectivity index (χ4v) is 3.01. The molecular formula is C21H25N5O2. The number of hydrogen-bond donors (Lipinski definition) is 1. The van der Waals surface area contributed by atoms with Crippen LogP contribution < -0.4 is 11.0 Å². The van der Waals surface area contributed by atoms with Gasteiger partial charge >= 0.3 is 5.69 Å². The Kier molecular flexibility index (Phi) is 6.37. The van der Waals surface area contributed by atoms with Gasteiger partial charge in [-0.3, -0.25) is 14.3 Å². The Morgan fingerprint density at radius 3 is 2.71 bits per heavy atom. The van der Waals surface area contributed by atoms with E-state index in [2.05, 4.69) is 15.4 Å². The van der Waals surface area contributed by atoms with E-state index in [0.29, 0.717) is 30.9 Å². The van der Waals surface area contributed by atoms with Gasteiger partial charge in [0.15, 0.2) is 0 Å². The first-order valence-electron chi connectivity index (χ1n) is 9.51. The van der Waals surface area contributed by atoms with E-state index in [0.717, 1.165) is 17.7 Å². The minimum Gasteiger partial charge on any atom is -0.354 e. The molecule has 28 heavy (non-hydrogen) atoms. The zero-order valence-electron chi connectivity index (χ0n) is 16.3. The highest BCUT2D eigenvalue weighted by Gasteiger charge is 2.16. The third-order valence-corrected chi connectivity index (χ3v) is 4.39. The van der Waals surface area contributed by atoms with Crippen molar-refractivity contribution in [3.63, 3.8) is 0 Å². The smallest absolute Gasteiger partial charge is 0.351 e. The van der Waals surface area contributed by atoms with Gasteiger partial charge in [0.25, 0.3) is 0 Å². The molecule has 0 unspecified atom stereocenters. The molecule has 0 aliphatic rings. The number of nitrogens with one attached hydrogen (secondary N) is 1. The van der Waals surface area contributed by atoms with Gasteiger partial charge in [-0.1, -0.05) is 25.1 Å². The lowest BCUT2D eigenvalue weighted by Gasteiger charge is -2.07. The molecule has 7 nitrogen and oxygen atoms in total. The molecule has 2 aromatic heterocycles. The number of hydrogen-bond acceptors (Lipinski definition) is 4. The zero-order chi connectivity index (χ0) is 19.9. The maximum absolute atomic E-state index is 12.9. The standard InChI is InChI=1S/C21H25N5O2/c1-3-7-19-24-26(18-10-6-8-16(2)14-18)21(28)25(19)15-20(27)23-13-11-17-9-4-5-12-22-17/h4-6,8-10,12,14H,3,7,11,13,15H2,1-2H3,(H,23,27). The summed E-state index contributed by atoms with van der Waals surface area (Å²) in [4.78, 5) is 29.5. The van der Waals surface area contributed by atoms with Gasteiger partial charge in [-0.05, 0) is 43.2 Å². The summed E-state index contributed by atoms with van der Waals surface area (Å²) in [6, 6.07) is 13.3. The predicted octanol–water partition coefficient (Wildman–Crippen LogP) is 2.05. The van der Waals surface area contributed by atoms with E-state index in [4.69, 9.17) is 0 Å². The quantitative estimate of drug-likeness (QED) is 0.649. The monoisotopic (exact) mass is 379 g/mol. The Balaban J connectivity index is 1.73. The number of aryl methyl sites for hydroxylation is 2. The third-order valence-electron chi connectivity index (χ3n) is 4.39. The first-order valence-corrected chi connectivity index (χ1v) is 9.51. The Labute approximate surface area is 164 Å². The lowest BCUT2D eigenvalue weighted by atomic mass is 10.2. The van der Waals surface area contributed by atoms with Crippen LogP contribution in [0.4, 0.5) is 0 Å². The van der Waals surface area contributed by atoms with Crippen LogP contribution in [0.25, 0.3) is 5.69 Å². The van der Waals surface area contributed by atoms with Gasteiger partial charge < -0.3 is 5.32 Å². The largest absolute Gasteiger partial charge is 0.354 e.